The number of ether oxygens (including phenoxy) is 1. The van der Waals surface area contributed by atoms with E-state index >= 15 is 0 Å². The first-order valence-corrected chi connectivity index (χ1v) is 10.4. The van der Waals surface area contributed by atoms with E-state index in [9.17, 15) is 4.79 Å². The van der Waals surface area contributed by atoms with Crippen LogP contribution in [0.3, 0.4) is 0 Å². The van der Waals surface area contributed by atoms with Crippen LogP contribution in [0.15, 0.2) is 24.3 Å². The fourth-order valence-electron chi connectivity index (χ4n) is 4.54. The lowest BCUT2D eigenvalue weighted by molar-refractivity contribution is -0.124. The number of nitrogens with two attached hydrogens (primary N) is 1. The van der Waals surface area contributed by atoms with Crippen LogP contribution >= 0.6 is 0 Å². The van der Waals surface area contributed by atoms with Gasteiger partial charge in [0, 0.05) is 39.4 Å². The van der Waals surface area contributed by atoms with Crippen LogP contribution in [0.1, 0.15) is 44.2 Å². The van der Waals surface area contributed by atoms with Gasteiger partial charge >= 0.3 is 0 Å². The highest BCUT2D eigenvalue weighted by Gasteiger charge is 2.26. The zero-order valence-electron chi connectivity index (χ0n) is 16.8. The van der Waals surface area contributed by atoms with Crippen LogP contribution in [-0.2, 0) is 22.6 Å². The summed E-state index contributed by atoms with van der Waals surface area (Å²) < 4.78 is 5.35. The molecular weight excluding hydrogens is 338 g/mol. The average Bonchev–Trinajstić information content (AvgIpc) is 2.66. The zero-order chi connectivity index (χ0) is 19.2. The summed E-state index contributed by atoms with van der Waals surface area (Å²) in [5, 5.41) is 2.99. The molecule has 0 bridgehead atoms. The van der Waals surface area contributed by atoms with Crippen molar-refractivity contribution in [2.75, 3.05) is 26.3 Å². The molecule has 2 heterocycles. The van der Waals surface area contributed by atoms with E-state index in [1.807, 2.05) is 0 Å². The quantitative estimate of drug-likeness (QED) is 0.804. The standard InChI is InChI=1S/C22H35N3O2/c1-16-11-17(2)14-25(13-16)15-19-5-3-18(4-6-19)12-24-22(26)21(23)20-7-9-27-10-8-20/h3-6,16-17,20-21H,7-15,23H2,1-2H3,(H,24,26). The van der Waals surface area contributed by atoms with E-state index in [0.29, 0.717) is 19.8 Å². The van der Waals surface area contributed by atoms with Crippen molar-refractivity contribution in [1.82, 2.24) is 10.2 Å². The molecule has 3 rings (SSSR count). The van der Waals surface area contributed by atoms with Crippen molar-refractivity contribution in [3.8, 4) is 0 Å². The number of rotatable bonds is 6. The Morgan fingerprint density at radius 1 is 1.15 bits per heavy atom. The normalized spacial score (nSPS) is 25.9. The minimum absolute atomic E-state index is 0.0535. The van der Waals surface area contributed by atoms with Crippen LogP contribution in [0.2, 0.25) is 0 Å². The topological polar surface area (TPSA) is 67.6 Å². The molecule has 5 nitrogen and oxygen atoms in total. The number of hydrogen-bond acceptors (Lipinski definition) is 4. The number of nitrogens with one attached hydrogen (secondary N) is 1. The summed E-state index contributed by atoms with van der Waals surface area (Å²) in [6, 6.07) is 8.17. The molecule has 2 fully saturated rings. The van der Waals surface area contributed by atoms with E-state index in [2.05, 4.69) is 48.3 Å². The minimum Gasteiger partial charge on any atom is -0.381 e. The Morgan fingerprint density at radius 3 is 2.37 bits per heavy atom. The minimum atomic E-state index is -0.434. The van der Waals surface area contributed by atoms with E-state index in [1.54, 1.807) is 0 Å². The van der Waals surface area contributed by atoms with Gasteiger partial charge in [-0.3, -0.25) is 9.69 Å². The van der Waals surface area contributed by atoms with Gasteiger partial charge in [-0.05, 0) is 48.1 Å². The summed E-state index contributed by atoms with van der Waals surface area (Å²) in [4.78, 5) is 14.9. The van der Waals surface area contributed by atoms with Gasteiger partial charge in [0.05, 0.1) is 6.04 Å². The number of nitrogens with zero attached hydrogens (tertiary/aromatic N) is 1. The largest absolute Gasteiger partial charge is 0.381 e. The second-order valence-corrected chi connectivity index (χ2v) is 8.65. The fraction of sp³-hybridized carbons (Fsp3) is 0.682. The molecule has 0 radical (unpaired) electrons. The molecule has 1 amide bonds. The van der Waals surface area contributed by atoms with Gasteiger partial charge in [0.25, 0.3) is 0 Å². The zero-order valence-corrected chi connectivity index (χ0v) is 16.8. The highest BCUT2D eigenvalue weighted by molar-refractivity contribution is 5.81. The molecule has 0 saturated carbocycles. The molecular formula is C22H35N3O2. The maximum atomic E-state index is 12.3. The van der Waals surface area contributed by atoms with Crippen molar-refractivity contribution in [1.29, 1.82) is 0 Å². The third kappa shape index (κ3) is 6.03. The first kappa shape index (κ1) is 20.3. The molecule has 2 saturated heterocycles. The molecule has 2 aliphatic rings. The lowest BCUT2D eigenvalue weighted by Crippen LogP contribution is -2.46. The molecule has 0 aromatic heterocycles. The number of likely N-dealkylation sites (tertiary alicyclic amines) is 1. The predicted molar refractivity (Wildman–Crippen MR) is 108 cm³/mol. The molecule has 150 valence electrons. The first-order chi connectivity index (χ1) is 13.0. The molecule has 0 spiro atoms. The molecule has 3 atom stereocenters. The number of carbonyl (C=O) groups is 1. The Hall–Kier alpha value is -1.43. The van der Waals surface area contributed by atoms with Gasteiger partial charge in [-0.25, -0.2) is 0 Å². The lowest BCUT2D eigenvalue weighted by atomic mass is 9.91. The summed E-state index contributed by atoms with van der Waals surface area (Å²) in [7, 11) is 0. The Kier molecular flexibility index (Phi) is 7.27. The molecule has 2 aliphatic heterocycles. The molecule has 27 heavy (non-hydrogen) atoms. The van der Waals surface area contributed by atoms with Gasteiger partial charge < -0.3 is 15.8 Å². The highest BCUT2D eigenvalue weighted by Crippen LogP contribution is 2.22. The van der Waals surface area contributed by atoms with Crippen molar-refractivity contribution < 1.29 is 9.53 Å². The third-order valence-corrected chi connectivity index (χ3v) is 5.92. The summed E-state index contributed by atoms with van der Waals surface area (Å²) in [6.45, 7) is 10.0. The molecule has 5 heteroatoms. The molecule has 1 aromatic rings. The molecule has 3 unspecified atom stereocenters. The van der Waals surface area contributed by atoms with E-state index < -0.39 is 6.04 Å². The van der Waals surface area contributed by atoms with Gasteiger partial charge in [0.2, 0.25) is 5.91 Å². The maximum Gasteiger partial charge on any atom is 0.237 e. The van der Waals surface area contributed by atoms with Gasteiger partial charge in [0.1, 0.15) is 0 Å². The smallest absolute Gasteiger partial charge is 0.237 e. The Bertz CT molecular complexity index is 588. The molecule has 0 aliphatic carbocycles. The number of amides is 1. The van der Waals surface area contributed by atoms with Crippen LogP contribution in [0, 0.1) is 17.8 Å². The Balaban J connectivity index is 1.45. The number of benzene rings is 1. The first-order valence-electron chi connectivity index (χ1n) is 10.4. The van der Waals surface area contributed by atoms with Crippen LogP contribution in [-0.4, -0.2) is 43.2 Å². The van der Waals surface area contributed by atoms with Crippen molar-refractivity contribution in [2.24, 2.45) is 23.5 Å². The molecule has 3 N–H and O–H groups in total. The summed E-state index contributed by atoms with van der Waals surface area (Å²) >= 11 is 0. The Labute approximate surface area is 163 Å². The summed E-state index contributed by atoms with van der Waals surface area (Å²) in [6.07, 6.45) is 3.08. The van der Waals surface area contributed by atoms with Crippen LogP contribution in [0.5, 0.6) is 0 Å². The average molecular weight is 374 g/mol. The van der Waals surface area contributed by atoms with Crippen molar-refractivity contribution >= 4 is 5.91 Å². The van der Waals surface area contributed by atoms with Crippen molar-refractivity contribution in [2.45, 2.75) is 52.2 Å². The number of hydrogen-bond donors (Lipinski definition) is 2. The SMILES string of the molecule is CC1CC(C)CN(Cc2ccc(CNC(=O)C(N)C3CCOCC3)cc2)C1. The van der Waals surface area contributed by atoms with Gasteiger partial charge in [-0.15, -0.1) is 0 Å². The van der Waals surface area contributed by atoms with Crippen LogP contribution < -0.4 is 11.1 Å². The van der Waals surface area contributed by atoms with Crippen molar-refractivity contribution in [3.63, 3.8) is 0 Å². The lowest BCUT2D eigenvalue weighted by Gasteiger charge is -2.35. The Morgan fingerprint density at radius 2 is 1.74 bits per heavy atom. The van der Waals surface area contributed by atoms with E-state index in [0.717, 1.165) is 36.8 Å². The van der Waals surface area contributed by atoms with Crippen molar-refractivity contribution in [3.05, 3.63) is 35.4 Å². The second-order valence-electron chi connectivity index (χ2n) is 8.65. The van der Waals surface area contributed by atoms with E-state index in [4.69, 9.17) is 10.5 Å². The van der Waals surface area contributed by atoms with Crippen LogP contribution in [0.25, 0.3) is 0 Å². The predicted octanol–water partition coefficient (Wildman–Crippen LogP) is 2.53. The highest BCUT2D eigenvalue weighted by atomic mass is 16.5. The van der Waals surface area contributed by atoms with Gasteiger partial charge in [-0.1, -0.05) is 38.1 Å². The van der Waals surface area contributed by atoms with Gasteiger partial charge in [0.15, 0.2) is 0 Å². The van der Waals surface area contributed by atoms with Crippen LogP contribution in [0.4, 0.5) is 0 Å². The number of piperidine rings is 1. The summed E-state index contributed by atoms with van der Waals surface area (Å²) in [5.41, 5.74) is 8.59. The fourth-order valence-corrected chi connectivity index (χ4v) is 4.54. The van der Waals surface area contributed by atoms with E-state index in [-0.39, 0.29) is 11.8 Å². The molecule has 1 aromatic carbocycles. The summed E-state index contributed by atoms with van der Waals surface area (Å²) in [5.74, 6) is 1.74. The van der Waals surface area contributed by atoms with Gasteiger partial charge in [-0.2, -0.15) is 0 Å². The second kappa shape index (κ2) is 9.67. The maximum absolute atomic E-state index is 12.3. The number of carbonyl (C=O) groups excluding carboxylic acids is 1. The van der Waals surface area contributed by atoms with E-state index in [1.165, 1.54) is 25.1 Å². The monoisotopic (exact) mass is 373 g/mol. The third-order valence-electron chi connectivity index (χ3n) is 5.92.